The summed E-state index contributed by atoms with van der Waals surface area (Å²) in [7, 11) is 0. The Hall–Kier alpha value is -2.22. The first kappa shape index (κ1) is 13.7. The maximum atomic E-state index is 5.94. The predicted octanol–water partition coefficient (Wildman–Crippen LogP) is 4.86. The lowest BCUT2D eigenvalue weighted by atomic mass is 10.1. The van der Waals surface area contributed by atoms with Crippen molar-refractivity contribution in [3.8, 4) is 5.75 Å². The van der Waals surface area contributed by atoms with Gasteiger partial charge in [-0.25, -0.2) is 0 Å². The molecule has 2 heteroatoms. The van der Waals surface area contributed by atoms with Crippen LogP contribution in [0.1, 0.15) is 23.6 Å². The molecule has 0 bridgehead atoms. The number of fused-ring (bicyclic) bond motifs is 1. The Kier molecular flexibility index (Phi) is 3.70. The number of hydrogen-bond donors (Lipinski definition) is 0. The Bertz CT molecular complexity index is 753. The van der Waals surface area contributed by atoms with E-state index in [1.165, 1.54) is 27.6 Å². The summed E-state index contributed by atoms with van der Waals surface area (Å²) >= 11 is 0. The molecule has 0 aliphatic rings. The molecule has 0 unspecified atom stereocenters. The van der Waals surface area contributed by atoms with E-state index in [1.807, 2.05) is 12.1 Å². The first-order valence-corrected chi connectivity index (χ1v) is 7.46. The van der Waals surface area contributed by atoms with E-state index in [1.54, 1.807) is 0 Å². The molecule has 0 fully saturated rings. The van der Waals surface area contributed by atoms with Crippen molar-refractivity contribution in [2.24, 2.45) is 0 Å². The van der Waals surface area contributed by atoms with E-state index in [-0.39, 0.29) is 0 Å². The summed E-state index contributed by atoms with van der Waals surface area (Å²) in [6.07, 6.45) is 2.21. The van der Waals surface area contributed by atoms with Crippen LogP contribution in [0, 0.1) is 13.8 Å². The van der Waals surface area contributed by atoms with E-state index in [2.05, 4.69) is 61.9 Å². The molecule has 3 aromatic rings. The van der Waals surface area contributed by atoms with Gasteiger partial charge in [0.15, 0.2) is 0 Å². The number of rotatable bonds is 4. The Morgan fingerprint density at radius 2 is 1.76 bits per heavy atom. The van der Waals surface area contributed by atoms with E-state index < -0.39 is 0 Å². The molecule has 2 aromatic carbocycles. The van der Waals surface area contributed by atoms with Crippen LogP contribution in [-0.2, 0) is 13.2 Å². The van der Waals surface area contributed by atoms with E-state index in [0.717, 1.165) is 12.3 Å². The molecule has 0 aliphatic carbocycles. The Morgan fingerprint density at radius 3 is 2.48 bits per heavy atom. The average molecular weight is 279 g/mol. The molecule has 0 amide bonds. The number of para-hydroxylation sites is 1. The molecule has 3 rings (SSSR count). The zero-order valence-electron chi connectivity index (χ0n) is 12.9. The second-order valence-corrected chi connectivity index (χ2v) is 5.51. The average Bonchev–Trinajstić information content (AvgIpc) is 2.86. The number of aromatic nitrogens is 1. The molecule has 1 aromatic heterocycles. The number of benzene rings is 2. The highest BCUT2D eigenvalue weighted by molar-refractivity contribution is 5.86. The highest BCUT2D eigenvalue weighted by atomic mass is 16.5. The van der Waals surface area contributed by atoms with Crippen LogP contribution >= 0.6 is 0 Å². The van der Waals surface area contributed by atoms with Gasteiger partial charge in [-0.2, -0.15) is 0 Å². The van der Waals surface area contributed by atoms with Gasteiger partial charge in [0, 0.05) is 23.7 Å². The minimum absolute atomic E-state index is 0.607. The highest BCUT2D eigenvalue weighted by Crippen LogP contribution is 2.25. The standard InChI is InChI=1S/C19H21NO/c1-4-20-12-16(18-7-5-6-15(3)19(18)20)13-21-17-10-8-14(2)9-11-17/h5-12H,4,13H2,1-3H3. The molecule has 0 atom stereocenters. The van der Waals surface area contributed by atoms with Crippen LogP contribution in [0.2, 0.25) is 0 Å². The van der Waals surface area contributed by atoms with Crippen LogP contribution < -0.4 is 4.74 Å². The maximum absolute atomic E-state index is 5.94. The van der Waals surface area contributed by atoms with E-state index in [0.29, 0.717) is 6.61 Å². The van der Waals surface area contributed by atoms with Gasteiger partial charge in [-0.15, -0.1) is 0 Å². The van der Waals surface area contributed by atoms with Crippen molar-refractivity contribution in [1.29, 1.82) is 0 Å². The third kappa shape index (κ3) is 2.66. The van der Waals surface area contributed by atoms with Gasteiger partial charge in [0.25, 0.3) is 0 Å². The monoisotopic (exact) mass is 279 g/mol. The second kappa shape index (κ2) is 5.65. The van der Waals surface area contributed by atoms with E-state index in [4.69, 9.17) is 4.74 Å². The first-order chi connectivity index (χ1) is 10.2. The second-order valence-electron chi connectivity index (χ2n) is 5.51. The fraction of sp³-hybridized carbons (Fsp3) is 0.263. The van der Waals surface area contributed by atoms with Crippen LogP contribution in [-0.4, -0.2) is 4.57 Å². The van der Waals surface area contributed by atoms with Crippen LogP contribution in [0.15, 0.2) is 48.7 Å². The largest absolute Gasteiger partial charge is 0.489 e. The molecular formula is C19H21NO. The van der Waals surface area contributed by atoms with Crippen molar-refractivity contribution in [3.63, 3.8) is 0 Å². The molecule has 0 aliphatic heterocycles. The van der Waals surface area contributed by atoms with E-state index in [9.17, 15) is 0 Å². The fourth-order valence-corrected chi connectivity index (χ4v) is 2.78. The molecule has 0 saturated carbocycles. The fourth-order valence-electron chi connectivity index (χ4n) is 2.78. The van der Waals surface area contributed by atoms with Gasteiger partial charge in [0.2, 0.25) is 0 Å². The smallest absolute Gasteiger partial charge is 0.119 e. The number of aryl methyl sites for hydroxylation is 3. The van der Waals surface area contributed by atoms with Crippen LogP contribution in [0.4, 0.5) is 0 Å². The third-order valence-corrected chi connectivity index (χ3v) is 3.94. The van der Waals surface area contributed by atoms with Gasteiger partial charge >= 0.3 is 0 Å². The van der Waals surface area contributed by atoms with Gasteiger partial charge in [0.1, 0.15) is 12.4 Å². The number of hydrogen-bond acceptors (Lipinski definition) is 1. The first-order valence-electron chi connectivity index (χ1n) is 7.46. The van der Waals surface area contributed by atoms with Crippen LogP contribution in [0.3, 0.4) is 0 Å². The summed E-state index contributed by atoms with van der Waals surface area (Å²) in [6.45, 7) is 8.01. The van der Waals surface area contributed by atoms with Crippen LogP contribution in [0.25, 0.3) is 10.9 Å². The van der Waals surface area contributed by atoms with Crippen molar-refractivity contribution in [2.45, 2.75) is 33.9 Å². The zero-order valence-corrected chi connectivity index (χ0v) is 12.9. The van der Waals surface area contributed by atoms with Crippen molar-refractivity contribution < 1.29 is 4.74 Å². The predicted molar refractivity (Wildman–Crippen MR) is 87.9 cm³/mol. The molecule has 0 saturated heterocycles. The summed E-state index contributed by atoms with van der Waals surface area (Å²) in [5.41, 5.74) is 5.13. The lowest BCUT2D eigenvalue weighted by Crippen LogP contribution is -1.95. The van der Waals surface area contributed by atoms with Crippen molar-refractivity contribution in [2.75, 3.05) is 0 Å². The minimum Gasteiger partial charge on any atom is -0.489 e. The molecule has 108 valence electrons. The summed E-state index contributed by atoms with van der Waals surface area (Å²) in [5.74, 6) is 0.922. The van der Waals surface area contributed by atoms with Crippen molar-refractivity contribution in [3.05, 3.63) is 65.4 Å². The Labute approximate surface area is 126 Å². The number of ether oxygens (including phenoxy) is 1. The van der Waals surface area contributed by atoms with Gasteiger partial charge in [-0.1, -0.05) is 35.9 Å². The van der Waals surface area contributed by atoms with Gasteiger partial charge < -0.3 is 9.30 Å². The lowest BCUT2D eigenvalue weighted by molar-refractivity contribution is 0.307. The Morgan fingerprint density at radius 1 is 1.00 bits per heavy atom. The summed E-state index contributed by atoms with van der Waals surface area (Å²) in [6, 6.07) is 14.7. The van der Waals surface area contributed by atoms with Crippen LogP contribution in [0.5, 0.6) is 5.75 Å². The molecule has 2 nitrogen and oxygen atoms in total. The van der Waals surface area contributed by atoms with Gasteiger partial charge in [0.05, 0.1) is 5.52 Å². The molecule has 0 N–H and O–H groups in total. The minimum atomic E-state index is 0.607. The summed E-state index contributed by atoms with van der Waals surface area (Å²) in [5, 5.41) is 1.30. The molecule has 1 heterocycles. The van der Waals surface area contributed by atoms with Gasteiger partial charge in [-0.3, -0.25) is 0 Å². The molecule has 0 radical (unpaired) electrons. The summed E-state index contributed by atoms with van der Waals surface area (Å²) in [4.78, 5) is 0. The zero-order chi connectivity index (χ0) is 14.8. The maximum Gasteiger partial charge on any atom is 0.119 e. The van der Waals surface area contributed by atoms with Crippen molar-refractivity contribution in [1.82, 2.24) is 4.57 Å². The third-order valence-electron chi connectivity index (χ3n) is 3.94. The van der Waals surface area contributed by atoms with E-state index >= 15 is 0 Å². The topological polar surface area (TPSA) is 14.2 Å². The Balaban J connectivity index is 1.90. The van der Waals surface area contributed by atoms with Crippen molar-refractivity contribution >= 4 is 10.9 Å². The molecule has 21 heavy (non-hydrogen) atoms. The number of nitrogens with zero attached hydrogens (tertiary/aromatic N) is 1. The highest BCUT2D eigenvalue weighted by Gasteiger charge is 2.10. The molecule has 0 spiro atoms. The summed E-state index contributed by atoms with van der Waals surface area (Å²) < 4.78 is 8.24. The molecular weight excluding hydrogens is 258 g/mol. The SMILES string of the molecule is CCn1cc(COc2ccc(C)cc2)c2cccc(C)c21. The quantitative estimate of drug-likeness (QED) is 0.665. The normalized spacial score (nSPS) is 11.0. The van der Waals surface area contributed by atoms with Gasteiger partial charge in [-0.05, 0) is 38.5 Å². The lowest BCUT2D eigenvalue weighted by Gasteiger charge is -2.05.